The van der Waals surface area contributed by atoms with Crippen LogP contribution in [-0.4, -0.2) is 46.6 Å². The molecular formula is C18H24N4O2. The number of carbonyl (C=O) groups excluding carboxylic acids is 1. The monoisotopic (exact) mass is 328 g/mol. The molecule has 1 amide bonds. The largest absolute Gasteiger partial charge is 0.497 e. The summed E-state index contributed by atoms with van der Waals surface area (Å²) < 4.78 is 7.02. The zero-order valence-electron chi connectivity index (χ0n) is 14.2. The van der Waals surface area contributed by atoms with Gasteiger partial charge in [-0.05, 0) is 30.5 Å². The van der Waals surface area contributed by atoms with Crippen molar-refractivity contribution < 1.29 is 9.53 Å². The van der Waals surface area contributed by atoms with Crippen LogP contribution >= 0.6 is 0 Å². The van der Waals surface area contributed by atoms with Gasteiger partial charge in [0, 0.05) is 32.7 Å². The fraction of sp³-hybridized carbons (Fsp3) is 0.444. The lowest BCUT2D eigenvalue weighted by atomic mass is 10.0. The van der Waals surface area contributed by atoms with Gasteiger partial charge in [0.15, 0.2) is 0 Å². The summed E-state index contributed by atoms with van der Waals surface area (Å²) >= 11 is 0. The van der Waals surface area contributed by atoms with E-state index < -0.39 is 0 Å². The summed E-state index contributed by atoms with van der Waals surface area (Å²) in [7, 11) is 3.52. The predicted octanol–water partition coefficient (Wildman–Crippen LogP) is 1.82. The Morgan fingerprint density at radius 3 is 2.83 bits per heavy atom. The third kappa shape index (κ3) is 3.94. The van der Waals surface area contributed by atoms with Crippen LogP contribution < -0.4 is 10.1 Å². The maximum Gasteiger partial charge on any atom is 0.269 e. The van der Waals surface area contributed by atoms with Gasteiger partial charge in [-0.25, -0.2) is 4.98 Å². The molecule has 0 radical (unpaired) electrons. The molecule has 1 aliphatic heterocycles. The van der Waals surface area contributed by atoms with Crippen molar-refractivity contribution in [2.75, 3.05) is 20.2 Å². The van der Waals surface area contributed by atoms with E-state index in [4.69, 9.17) is 4.74 Å². The van der Waals surface area contributed by atoms with Crippen molar-refractivity contribution in [2.24, 2.45) is 7.05 Å². The molecule has 0 atom stereocenters. The van der Waals surface area contributed by atoms with Crippen molar-refractivity contribution in [3.63, 3.8) is 0 Å². The zero-order valence-corrected chi connectivity index (χ0v) is 14.2. The number of hydrogen-bond donors (Lipinski definition) is 1. The Morgan fingerprint density at radius 2 is 2.17 bits per heavy atom. The molecule has 2 aromatic rings. The van der Waals surface area contributed by atoms with Gasteiger partial charge >= 0.3 is 0 Å². The molecule has 1 aliphatic rings. The average molecular weight is 328 g/mol. The van der Waals surface area contributed by atoms with Gasteiger partial charge in [0.1, 0.15) is 11.4 Å². The van der Waals surface area contributed by atoms with E-state index >= 15 is 0 Å². The topological polar surface area (TPSA) is 59.4 Å². The van der Waals surface area contributed by atoms with Crippen LogP contribution in [0.2, 0.25) is 0 Å². The van der Waals surface area contributed by atoms with E-state index in [0.29, 0.717) is 5.69 Å². The number of rotatable bonds is 5. The molecule has 1 aromatic carbocycles. The molecule has 0 spiro atoms. The van der Waals surface area contributed by atoms with Crippen LogP contribution in [-0.2, 0) is 13.6 Å². The van der Waals surface area contributed by atoms with Gasteiger partial charge in [-0.3, -0.25) is 9.69 Å². The molecule has 3 rings (SSSR count). The summed E-state index contributed by atoms with van der Waals surface area (Å²) in [5.74, 6) is 0.854. The van der Waals surface area contributed by atoms with E-state index in [0.717, 1.165) is 38.2 Å². The summed E-state index contributed by atoms with van der Waals surface area (Å²) in [5, 5.41) is 3.12. The van der Waals surface area contributed by atoms with E-state index in [1.54, 1.807) is 24.2 Å². The molecule has 1 aromatic heterocycles. The lowest BCUT2D eigenvalue weighted by molar-refractivity contribution is 0.0900. The van der Waals surface area contributed by atoms with Crippen molar-refractivity contribution in [1.82, 2.24) is 19.8 Å². The Labute approximate surface area is 142 Å². The fourth-order valence-electron chi connectivity index (χ4n) is 3.10. The number of imidazole rings is 1. The van der Waals surface area contributed by atoms with Crippen LogP contribution in [0.5, 0.6) is 5.75 Å². The molecule has 0 unspecified atom stereocenters. The van der Waals surface area contributed by atoms with Gasteiger partial charge in [-0.2, -0.15) is 0 Å². The van der Waals surface area contributed by atoms with Crippen molar-refractivity contribution >= 4 is 5.91 Å². The van der Waals surface area contributed by atoms with E-state index in [1.807, 2.05) is 19.2 Å². The van der Waals surface area contributed by atoms with E-state index in [9.17, 15) is 4.79 Å². The van der Waals surface area contributed by atoms with E-state index in [1.165, 1.54) is 5.56 Å². The van der Waals surface area contributed by atoms with Crippen molar-refractivity contribution in [1.29, 1.82) is 0 Å². The van der Waals surface area contributed by atoms with Gasteiger partial charge in [0.2, 0.25) is 0 Å². The summed E-state index contributed by atoms with van der Waals surface area (Å²) in [6.07, 6.45) is 5.18. The van der Waals surface area contributed by atoms with Crippen molar-refractivity contribution in [3.05, 3.63) is 48.0 Å². The lowest BCUT2D eigenvalue weighted by Crippen LogP contribution is -2.44. The highest BCUT2D eigenvalue weighted by Crippen LogP contribution is 2.17. The first-order chi connectivity index (χ1) is 11.7. The Bertz CT molecular complexity index is 690. The predicted molar refractivity (Wildman–Crippen MR) is 92.0 cm³/mol. The number of piperidine rings is 1. The molecule has 2 heterocycles. The van der Waals surface area contributed by atoms with Gasteiger partial charge < -0.3 is 14.6 Å². The Balaban J connectivity index is 1.49. The number of aromatic nitrogens is 2. The lowest BCUT2D eigenvalue weighted by Gasteiger charge is -2.32. The molecule has 0 aliphatic carbocycles. The number of carbonyl (C=O) groups is 1. The first-order valence-electron chi connectivity index (χ1n) is 8.28. The highest BCUT2D eigenvalue weighted by atomic mass is 16.5. The Kier molecular flexibility index (Phi) is 5.15. The zero-order chi connectivity index (χ0) is 16.9. The number of nitrogens with one attached hydrogen (secondary N) is 1. The number of likely N-dealkylation sites (tertiary alicyclic amines) is 1. The maximum absolute atomic E-state index is 12.2. The normalized spacial score (nSPS) is 16.1. The average Bonchev–Trinajstić information content (AvgIpc) is 3.03. The van der Waals surface area contributed by atoms with Crippen LogP contribution in [0.1, 0.15) is 28.9 Å². The molecule has 6 heteroatoms. The number of nitrogens with zero attached hydrogens (tertiary/aromatic N) is 3. The highest BCUT2D eigenvalue weighted by Gasteiger charge is 2.22. The SMILES string of the molecule is COc1cccc(CN2CCC(NC(=O)c3cncn3C)CC2)c1. The second kappa shape index (κ2) is 7.49. The quantitative estimate of drug-likeness (QED) is 0.910. The van der Waals surface area contributed by atoms with E-state index in [2.05, 4.69) is 27.3 Å². The third-order valence-corrected chi connectivity index (χ3v) is 4.51. The minimum atomic E-state index is -0.0405. The van der Waals surface area contributed by atoms with Crippen LogP contribution in [0, 0.1) is 0 Å². The van der Waals surface area contributed by atoms with Crippen LogP contribution in [0.15, 0.2) is 36.8 Å². The molecule has 24 heavy (non-hydrogen) atoms. The maximum atomic E-state index is 12.2. The van der Waals surface area contributed by atoms with Crippen LogP contribution in [0.25, 0.3) is 0 Å². The minimum absolute atomic E-state index is 0.0405. The first-order valence-corrected chi connectivity index (χ1v) is 8.28. The number of hydrogen-bond acceptors (Lipinski definition) is 4. The number of amides is 1. The Morgan fingerprint density at radius 1 is 1.38 bits per heavy atom. The number of aryl methyl sites for hydroxylation is 1. The first kappa shape index (κ1) is 16.5. The molecular weight excluding hydrogens is 304 g/mol. The standard InChI is InChI=1S/C18H24N4O2/c1-21-13-19-11-17(21)18(23)20-15-6-8-22(9-7-15)12-14-4-3-5-16(10-14)24-2/h3-5,10-11,13,15H,6-9,12H2,1-2H3,(H,20,23). The molecule has 6 nitrogen and oxygen atoms in total. The van der Waals surface area contributed by atoms with Crippen LogP contribution in [0.3, 0.4) is 0 Å². The molecule has 0 saturated carbocycles. The third-order valence-electron chi connectivity index (χ3n) is 4.51. The van der Waals surface area contributed by atoms with Crippen LogP contribution in [0.4, 0.5) is 0 Å². The number of methoxy groups -OCH3 is 1. The van der Waals surface area contributed by atoms with Gasteiger partial charge in [-0.15, -0.1) is 0 Å². The van der Waals surface area contributed by atoms with Gasteiger partial charge in [-0.1, -0.05) is 12.1 Å². The summed E-state index contributed by atoms with van der Waals surface area (Å²) in [5.41, 5.74) is 1.86. The minimum Gasteiger partial charge on any atom is -0.497 e. The van der Waals surface area contributed by atoms with Gasteiger partial charge in [0.25, 0.3) is 5.91 Å². The second-order valence-corrected chi connectivity index (χ2v) is 6.27. The van der Waals surface area contributed by atoms with Crippen molar-refractivity contribution in [3.8, 4) is 5.75 Å². The summed E-state index contributed by atoms with van der Waals surface area (Å²) in [6, 6.07) is 8.42. The number of ether oxygens (including phenoxy) is 1. The summed E-state index contributed by atoms with van der Waals surface area (Å²) in [6.45, 7) is 2.88. The smallest absolute Gasteiger partial charge is 0.269 e. The summed E-state index contributed by atoms with van der Waals surface area (Å²) in [4.78, 5) is 18.6. The number of benzene rings is 1. The molecule has 128 valence electrons. The molecule has 1 N–H and O–H groups in total. The second-order valence-electron chi connectivity index (χ2n) is 6.27. The highest BCUT2D eigenvalue weighted by molar-refractivity contribution is 5.92. The molecule has 1 saturated heterocycles. The molecule has 0 bridgehead atoms. The Hall–Kier alpha value is -2.34. The molecule has 1 fully saturated rings. The van der Waals surface area contributed by atoms with Gasteiger partial charge in [0.05, 0.1) is 19.6 Å². The fourth-order valence-corrected chi connectivity index (χ4v) is 3.10. The van der Waals surface area contributed by atoms with E-state index in [-0.39, 0.29) is 11.9 Å². The van der Waals surface area contributed by atoms with Crippen molar-refractivity contribution in [2.45, 2.75) is 25.4 Å².